The van der Waals surface area contributed by atoms with Gasteiger partial charge in [-0.15, -0.1) is 0 Å². The summed E-state index contributed by atoms with van der Waals surface area (Å²) < 4.78 is 41.8. The number of benzene rings is 2. The van der Waals surface area contributed by atoms with Crippen LogP contribution in [0.3, 0.4) is 0 Å². The smallest absolute Gasteiger partial charge is 0.387 e. The second-order valence-corrected chi connectivity index (χ2v) is 4.70. The zero-order valence-electron chi connectivity index (χ0n) is 11.6. The second kappa shape index (κ2) is 7.59. The third-order valence-electron chi connectivity index (χ3n) is 2.68. The van der Waals surface area contributed by atoms with Crippen LogP contribution in [0.2, 0.25) is 0 Å². The highest BCUT2D eigenvalue weighted by Gasteiger charge is 2.12. The number of carbonyl (C=O) groups is 1. The number of carbonyl (C=O) groups excluding carboxylic acids is 1. The predicted molar refractivity (Wildman–Crippen MR) is 83.2 cm³/mol. The minimum absolute atomic E-state index is 0.107. The van der Waals surface area contributed by atoms with Crippen LogP contribution >= 0.6 is 12.2 Å². The van der Waals surface area contributed by atoms with Gasteiger partial charge in [0.05, 0.1) is 5.69 Å². The lowest BCUT2D eigenvalue weighted by Gasteiger charge is -2.13. The molecule has 0 spiro atoms. The van der Waals surface area contributed by atoms with Gasteiger partial charge in [-0.2, -0.15) is 8.78 Å². The van der Waals surface area contributed by atoms with Crippen LogP contribution in [0.1, 0.15) is 10.4 Å². The van der Waals surface area contributed by atoms with Crippen LogP contribution in [0.5, 0.6) is 5.75 Å². The van der Waals surface area contributed by atoms with Gasteiger partial charge in [-0.3, -0.25) is 10.1 Å². The predicted octanol–water partition coefficient (Wildman–Crippen LogP) is 3.55. The van der Waals surface area contributed by atoms with Gasteiger partial charge in [0, 0.05) is 5.56 Å². The maximum absolute atomic E-state index is 12.8. The van der Waals surface area contributed by atoms with Gasteiger partial charge in [0.1, 0.15) is 11.6 Å². The van der Waals surface area contributed by atoms with Gasteiger partial charge in [0.2, 0.25) is 0 Å². The number of amides is 1. The molecule has 120 valence electrons. The molecule has 8 heteroatoms. The molecule has 0 bridgehead atoms. The van der Waals surface area contributed by atoms with Crippen molar-refractivity contribution < 1.29 is 22.7 Å². The Morgan fingerprint density at radius 3 is 2.39 bits per heavy atom. The van der Waals surface area contributed by atoms with Crippen molar-refractivity contribution in [1.29, 1.82) is 0 Å². The molecule has 4 nitrogen and oxygen atoms in total. The SMILES string of the molecule is O=C(NC(=S)Nc1ccccc1OC(F)F)c1ccc(F)cc1. The Labute approximate surface area is 135 Å². The Morgan fingerprint density at radius 2 is 1.74 bits per heavy atom. The lowest BCUT2D eigenvalue weighted by molar-refractivity contribution is -0.0493. The first kappa shape index (κ1) is 16.8. The number of rotatable bonds is 4. The molecule has 0 aliphatic heterocycles. The highest BCUT2D eigenvalue weighted by molar-refractivity contribution is 7.80. The molecular formula is C15H11F3N2O2S. The second-order valence-electron chi connectivity index (χ2n) is 4.29. The number of halogens is 3. The fourth-order valence-corrected chi connectivity index (χ4v) is 1.90. The summed E-state index contributed by atoms with van der Waals surface area (Å²) in [6.07, 6.45) is 0. The zero-order chi connectivity index (χ0) is 16.8. The van der Waals surface area contributed by atoms with Crippen LogP contribution < -0.4 is 15.4 Å². The number of alkyl halides is 2. The third kappa shape index (κ3) is 4.96. The van der Waals surface area contributed by atoms with E-state index in [0.29, 0.717) is 0 Å². The highest BCUT2D eigenvalue weighted by Crippen LogP contribution is 2.25. The van der Waals surface area contributed by atoms with Crippen molar-refractivity contribution in [3.05, 3.63) is 59.9 Å². The summed E-state index contributed by atoms with van der Waals surface area (Å²) >= 11 is 4.95. The van der Waals surface area contributed by atoms with Crippen molar-refractivity contribution in [3.8, 4) is 5.75 Å². The molecule has 2 rings (SSSR count). The number of anilines is 1. The molecule has 0 fully saturated rings. The van der Waals surface area contributed by atoms with Gasteiger partial charge >= 0.3 is 6.61 Å². The van der Waals surface area contributed by atoms with E-state index in [0.717, 1.165) is 12.1 Å². The van der Waals surface area contributed by atoms with E-state index >= 15 is 0 Å². The average Bonchev–Trinajstić information content (AvgIpc) is 2.49. The standard InChI is InChI=1S/C15H11F3N2O2S/c16-10-7-5-9(6-8-10)13(21)20-15(23)19-11-3-1-2-4-12(11)22-14(17)18/h1-8,14H,(H2,19,20,21,23). The van der Waals surface area contributed by atoms with Crippen molar-refractivity contribution in [2.45, 2.75) is 6.61 Å². The van der Waals surface area contributed by atoms with E-state index < -0.39 is 18.3 Å². The molecule has 0 atom stereocenters. The quantitative estimate of drug-likeness (QED) is 0.836. The molecule has 2 aromatic rings. The summed E-state index contributed by atoms with van der Waals surface area (Å²) in [4.78, 5) is 11.9. The molecule has 0 heterocycles. The highest BCUT2D eigenvalue weighted by atomic mass is 32.1. The van der Waals surface area contributed by atoms with E-state index in [1.807, 2.05) is 0 Å². The molecule has 1 amide bonds. The van der Waals surface area contributed by atoms with Crippen LogP contribution in [0.15, 0.2) is 48.5 Å². The number of thiocarbonyl (C=S) groups is 1. The third-order valence-corrected chi connectivity index (χ3v) is 2.89. The largest absolute Gasteiger partial charge is 0.433 e. The Balaban J connectivity index is 2.02. The van der Waals surface area contributed by atoms with Gasteiger partial charge in [-0.05, 0) is 48.6 Å². The zero-order valence-corrected chi connectivity index (χ0v) is 12.4. The molecular weight excluding hydrogens is 329 g/mol. The first-order chi connectivity index (χ1) is 11.0. The molecule has 2 N–H and O–H groups in total. The van der Waals surface area contributed by atoms with E-state index in [9.17, 15) is 18.0 Å². The molecule has 0 unspecified atom stereocenters. The summed E-state index contributed by atoms with van der Waals surface area (Å²) in [7, 11) is 0. The van der Waals surface area contributed by atoms with Crippen LogP contribution in [0, 0.1) is 5.82 Å². The minimum Gasteiger partial charge on any atom is -0.433 e. The monoisotopic (exact) mass is 340 g/mol. The minimum atomic E-state index is -2.99. The molecule has 2 aromatic carbocycles. The summed E-state index contributed by atoms with van der Waals surface area (Å²) in [5.74, 6) is -1.14. The maximum atomic E-state index is 12.8. The van der Waals surface area contributed by atoms with Crippen LogP contribution in [0.4, 0.5) is 18.9 Å². The molecule has 23 heavy (non-hydrogen) atoms. The lowest BCUT2D eigenvalue weighted by atomic mass is 10.2. The normalized spacial score (nSPS) is 10.3. The Hall–Kier alpha value is -2.61. The van der Waals surface area contributed by atoms with E-state index in [-0.39, 0.29) is 22.1 Å². The van der Waals surface area contributed by atoms with Crippen LogP contribution in [-0.4, -0.2) is 17.6 Å². The van der Waals surface area contributed by atoms with Gasteiger partial charge < -0.3 is 10.1 Å². The first-order valence-corrected chi connectivity index (χ1v) is 6.78. The summed E-state index contributed by atoms with van der Waals surface area (Å²) in [5.41, 5.74) is 0.380. The first-order valence-electron chi connectivity index (χ1n) is 6.37. The van der Waals surface area contributed by atoms with E-state index in [4.69, 9.17) is 12.2 Å². The topological polar surface area (TPSA) is 50.4 Å². The Bertz CT molecular complexity index is 708. The maximum Gasteiger partial charge on any atom is 0.387 e. The molecule has 0 aliphatic rings. The van der Waals surface area contributed by atoms with Gasteiger partial charge in [0.25, 0.3) is 5.91 Å². The summed E-state index contributed by atoms with van der Waals surface area (Å²) in [6, 6.07) is 10.8. The average molecular weight is 340 g/mol. The van der Waals surface area contributed by atoms with Crippen molar-refractivity contribution in [2.24, 2.45) is 0 Å². The fourth-order valence-electron chi connectivity index (χ4n) is 1.70. The van der Waals surface area contributed by atoms with E-state index in [1.54, 1.807) is 6.07 Å². The molecule has 0 saturated carbocycles. The van der Waals surface area contributed by atoms with Gasteiger partial charge in [-0.25, -0.2) is 4.39 Å². The number of ether oxygens (including phenoxy) is 1. The van der Waals surface area contributed by atoms with Crippen molar-refractivity contribution in [3.63, 3.8) is 0 Å². The Kier molecular flexibility index (Phi) is 5.53. The molecule has 0 radical (unpaired) electrons. The van der Waals surface area contributed by atoms with E-state index in [2.05, 4.69) is 15.4 Å². The van der Waals surface area contributed by atoms with Gasteiger partial charge in [-0.1, -0.05) is 12.1 Å². The van der Waals surface area contributed by atoms with Crippen LogP contribution in [0.25, 0.3) is 0 Å². The lowest BCUT2D eigenvalue weighted by Crippen LogP contribution is -2.34. The van der Waals surface area contributed by atoms with E-state index in [1.165, 1.54) is 30.3 Å². The Morgan fingerprint density at radius 1 is 1.09 bits per heavy atom. The van der Waals surface area contributed by atoms with Crippen molar-refractivity contribution >= 4 is 28.9 Å². The number of hydrogen-bond donors (Lipinski definition) is 2. The number of nitrogens with one attached hydrogen (secondary N) is 2. The summed E-state index contributed by atoms with van der Waals surface area (Å²) in [5, 5.41) is 4.85. The van der Waals surface area contributed by atoms with Gasteiger partial charge in [0.15, 0.2) is 5.11 Å². The number of hydrogen-bond acceptors (Lipinski definition) is 3. The molecule has 0 aromatic heterocycles. The summed E-state index contributed by atoms with van der Waals surface area (Å²) in [6.45, 7) is -2.99. The van der Waals surface area contributed by atoms with Crippen LogP contribution in [-0.2, 0) is 0 Å². The van der Waals surface area contributed by atoms with Crippen molar-refractivity contribution in [2.75, 3.05) is 5.32 Å². The fraction of sp³-hybridized carbons (Fsp3) is 0.0667. The van der Waals surface area contributed by atoms with Crippen molar-refractivity contribution in [1.82, 2.24) is 5.32 Å². The molecule has 0 aliphatic carbocycles. The number of para-hydroxylation sites is 2. The molecule has 0 saturated heterocycles.